The van der Waals surface area contributed by atoms with Gasteiger partial charge in [-0.15, -0.1) is 0 Å². The minimum Gasteiger partial charge on any atom is -0.456 e. The molecule has 0 fully saturated rings. The fourth-order valence-electron chi connectivity index (χ4n) is 1.27. The number of carbonyl (C=O) groups is 2. The molecule has 0 radical (unpaired) electrons. The third kappa shape index (κ3) is 3.61. The Bertz CT molecular complexity index is 307. The molecular formula is C10H15NO4. The zero-order valence-electron chi connectivity index (χ0n) is 9.12. The molecule has 1 heterocycles. The number of carbonyl (C=O) groups excluding carboxylic acids is 2. The molecule has 0 aromatic rings. The largest absolute Gasteiger partial charge is 0.456 e. The van der Waals surface area contributed by atoms with Crippen molar-refractivity contribution in [2.75, 3.05) is 6.54 Å². The summed E-state index contributed by atoms with van der Waals surface area (Å²) in [4.78, 5) is 22.4. The first-order valence-corrected chi connectivity index (χ1v) is 4.82. The van der Waals surface area contributed by atoms with Crippen molar-refractivity contribution in [3.8, 4) is 0 Å². The molecule has 1 aliphatic heterocycles. The molecule has 0 atom stereocenters. The van der Waals surface area contributed by atoms with Crippen LogP contribution in [0.4, 0.5) is 0 Å². The molecule has 0 aliphatic carbocycles. The first-order chi connectivity index (χ1) is 6.93. The Kier molecular flexibility index (Phi) is 3.34. The van der Waals surface area contributed by atoms with Gasteiger partial charge in [-0.05, 0) is 6.92 Å². The van der Waals surface area contributed by atoms with Crippen molar-refractivity contribution in [1.82, 2.24) is 5.32 Å². The van der Waals surface area contributed by atoms with E-state index < -0.39 is 11.8 Å². The lowest BCUT2D eigenvalue weighted by atomic mass is 10.2. The maximum Gasteiger partial charge on any atom is 0.337 e. The van der Waals surface area contributed by atoms with E-state index in [2.05, 4.69) is 5.32 Å². The Labute approximate surface area is 88.4 Å². The molecule has 0 unspecified atom stereocenters. The molecule has 84 valence electrons. The Morgan fingerprint density at radius 2 is 2.13 bits per heavy atom. The summed E-state index contributed by atoms with van der Waals surface area (Å²) < 4.78 is 10.2. The number of hydrogen-bond acceptors (Lipinski definition) is 4. The molecule has 0 spiro atoms. The van der Waals surface area contributed by atoms with Gasteiger partial charge in [-0.3, -0.25) is 4.79 Å². The Hall–Kier alpha value is -1.52. The quantitative estimate of drug-likeness (QED) is 0.701. The average Bonchev–Trinajstić information content (AvgIpc) is 1.99. The third-order valence-electron chi connectivity index (χ3n) is 1.71. The highest BCUT2D eigenvalue weighted by Crippen LogP contribution is 2.23. The van der Waals surface area contributed by atoms with E-state index in [1.54, 1.807) is 13.8 Å². The Morgan fingerprint density at radius 1 is 1.47 bits per heavy atom. The Balaban J connectivity index is 2.62. The number of esters is 1. The first-order valence-electron chi connectivity index (χ1n) is 4.82. The van der Waals surface area contributed by atoms with Gasteiger partial charge in [-0.2, -0.15) is 0 Å². The van der Waals surface area contributed by atoms with Crippen molar-refractivity contribution in [2.24, 2.45) is 0 Å². The second kappa shape index (κ2) is 4.33. The normalized spacial score (nSPS) is 18.6. The number of rotatable bonds is 3. The molecule has 5 nitrogen and oxygen atoms in total. The van der Waals surface area contributed by atoms with Crippen molar-refractivity contribution in [3.63, 3.8) is 0 Å². The maximum atomic E-state index is 11.2. The summed E-state index contributed by atoms with van der Waals surface area (Å²) in [7, 11) is 0. The number of nitrogens with one attached hydrogen (secondary N) is 1. The number of ether oxygens (including phenoxy) is 2. The van der Waals surface area contributed by atoms with Crippen molar-refractivity contribution in [2.45, 2.75) is 33.0 Å². The lowest BCUT2D eigenvalue weighted by Crippen LogP contribution is -2.35. The Morgan fingerprint density at radius 3 is 2.67 bits per heavy atom. The fourth-order valence-corrected chi connectivity index (χ4v) is 1.27. The van der Waals surface area contributed by atoms with Crippen LogP contribution in [-0.4, -0.2) is 24.2 Å². The van der Waals surface area contributed by atoms with Gasteiger partial charge in [0.1, 0.15) is 5.76 Å². The predicted molar refractivity (Wildman–Crippen MR) is 52.6 cm³/mol. The van der Waals surface area contributed by atoms with Crippen LogP contribution >= 0.6 is 0 Å². The van der Waals surface area contributed by atoms with Crippen LogP contribution in [0.5, 0.6) is 0 Å². The second-order valence-electron chi connectivity index (χ2n) is 3.66. The van der Waals surface area contributed by atoms with E-state index in [-0.39, 0.29) is 12.3 Å². The highest BCUT2D eigenvalue weighted by molar-refractivity contribution is 5.86. The SMILES string of the molecule is CCNC(=O)CC1=CC(=O)OC(C)(C)O1. The van der Waals surface area contributed by atoms with Gasteiger partial charge >= 0.3 is 5.97 Å². The van der Waals surface area contributed by atoms with Gasteiger partial charge < -0.3 is 14.8 Å². The van der Waals surface area contributed by atoms with Crippen LogP contribution in [0.2, 0.25) is 0 Å². The summed E-state index contributed by atoms with van der Waals surface area (Å²) in [6.07, 6.45) is 1.26. The molecule has 1 N–H and O–H groups in total. The van der Waals surface area contributed by atoms with Crippen molar-refractivity contribution in [3.05, 3.63) is 11.8 Å². The first kappa shape index (κ1) is 11.6. The average molecular weight is 213 g/mol. The molecule has 15 heavy (non-hydrogen) atoms. The van der Waals surface area contributed by atoms with Crippen LogP contribution in [-0.2, 0) is 19.1 Å². The molecule has 0 saturated heterocycles. The number of cyclic esters (lactones) is 1. The molecule has 0 bridgehead atoms. The molecule has 1 amide bonds. The second-order valence-corrected chi connectivity index (χ2v) is 3.66. The summed E-state index contributed by atoms with van der Waals surface area (Å²) in [5.74, 6) is -1.31. The molecule has 0 aromatic carbocycles. The van der Waals surface area contributed by atoms with Gasteiger partial charge in [0, 0.05) is 20.4 Å². The van der Waals surface area contributed by atoms with Crippen molar-refractivity contribution in [1.29, 1.82) is 0 Å². The molecule has 1 rings (SSSR count). The molecular weight excluding hydrogens is 198 g/mol. The van der Waals surface area contributed by atoms with E-state index in [1.807, 2.05) is 6.92 Å². The zero-order chi connectivity index (χ0) is 11.5. The molecule has 0 saturated carbocycles. The third-order valence-corrected chi connectivity index (χ3v) is 1.71. The van der Waals surface area contributed by atoms with E-state index in [0.717, 1.165) is 0 Å². The lowest BCUT2D eigenvalue weighted by Gasteiger charge is -2.30. The predicted octanol–water partition coefficient (Wildman–Crippen LogP) is 0.706. The van der Waals surface area contributed by atoms with E-state index in [4.69, 9.17) is 9.47 Å². The summed E-state index contributed by atoms with van der Waals surface area (Å²) in [6.45, 7) is 5.62. The van der Waals surface area contributed by atoms with E-state index in [9.17, 15) is 9.59 Å². The van der Waals surface area contributed by atoms with Crippen molar-refractivity contribution < 1.29 is 19.1 Å². The summed E-state index contributed by atoms with van der Waals surface area (Å²) in [5.41, 5.74) is 0. The summed E-state index contributed by atoms with van der Waals surface area (Å²) >= 11 is 0. The van der Waals surface area contributed by atoms with Crippen LogP contribution in [0.3, 0.4) is 0 Å². The van der Waals surface area contributed by atoms with Crippen LogP contribution in [0.1, 0.15) is 27.2 Å². The van der Waals surface area contributed by atoms with Crippen LogP contribution in [0, 0.1) is 0 Å². The number of amides is 1. The van der Waals surface area contributed by atoms with Gasteiger partial charge in [0.05, 0.1) is 12.5 Å². The molecule has 5 heteroatoms. The van der Waals surface area contributed by atoms with Crippen LogP contribution in [0.25, 0.3) is 0 Å². The highest BCUT2D eigenvalue weighted by atomic mass is 16.7. The van der Waals surface area contributed by atoms with Gasteiger partial charge in [-0.1, -0.05) is 0 Å². The van der Waals surface area contributed by atoms with Crippen LogP contribution < -0.4 is 5.32 Å². The molecule has 0 aromatic heterocycles. The van der Waals surface area contributed by atoms with Gasteiger partial charge in [0.25, 0.3) is 0 Å². The zero-order valence-corrected chi connectivity index (χ0v) is 9.12. The minimum absolute atomic E-state index is 0.0619. The smallest absolute Gasteiger partial charge is 0.337 e. The molecule has 1 aliphatic rings. The van der Waals surface area contributed by atoms with Crippen LogP contribution in [0.15, 0.2) is 11.8 Å². The lowest BCUT2D eigenvalue weighted by molar-refractivity contribution is -0.205. The summed E-state index contributed by atoms with van der Waals surface area (Å²) in [5, 5.41) is 2.62. The minimum atomic E-state index is -0.992. The van der Waals surface area contributed by atoms with Gasteiger partial charge in [0.15, 0.2) is 0 Å². The van der Waals surface area contributed by atoms with Gasteiger partial charge in [0.2, 0.25) is 11.7 Å². The summed E-state index contributed by atoms with van der Waals surface area (Å²) in [6, 6.07) is 0. The fraction of sp³-hybridized carbons (Fsp3) is 0.600. The standard InChI is InChI=1S/C10H15NO4/c1-4-11-8(12)5-7-6-9(13)15-10(2,3)14-7/h6H,4-5H2,1-3H3,(H,11,12). The van der Waals surface area contributed by atoms with Gasteiger partial charge in [-0.25, -0.2) is 4.79 Å². The number of hydrogen-bond donors (Lipinski definition) is 1. The topological polar surface area (TPSA) is 64.6 Å². The highest BCUT2D eigenvalue weighted by Gasteiger charge is 2.30. The maximum absolute atomic E-state index is 11.2. The van der Waals surface area contributed by atoms with Crippen molar-refractivity contribution >= 4 is 11.9 Å². The van der Waals surface area contributed by atoms with E-state index >= 15 is 0 Å². The van der Waals surface area contributed by atoms with E-state index in [0.29, 0.717) is 12.3 Å². The van der Waals surface area contributed by atoms with E-state index in [1.165, 1.54) is 6.08 Å². The monoisotopic (exact) mass is 213 g/mol.